The first-order chi connectivity index (χ1) is 13.7. The molecule has 1 N–H and O–H groups in total. The van der Waals surface area contributed by atoms with Crippen molar-refractivity contribution >= 4 is 17.9 Å². The average molecular weight is 405 g/mol. The molecule has 1 aromatic rings. The van der Waals surface area contributed by atoms with Crippen LogP contribution in [0.1, 0.15) is 33.3 Å². The van der Waals surface area contributed by atoms with Gasteiger partial charge in [-0.05, 0) is 38.8 Å². The fourth-order valence-corrected chi connectivity index (χ4v) is 2.95. The van der Waals surface area contributed by atoms with Crippen molar-refractivity contribution < 1.29 is 23.9 Å². The summed E-state index contributed by atoms with van der Waals surface area (Å²) in [6.07, 6.45) is 0.215. The summed E-state index contributed by atoms with van der Waals surface area (Å²) in [6, 6.07) is 7.67. The second-order valence-electron chi connectivity index (χ2n) is 7.87. The van der Waals surface area contributed by atoms with Gasteiger partial charge >= 0.3 is 6.09 Å². The Balaban J connectivity index is 1.73. The van der Waals surface area contributed by atoms with Crippen LogP contribution in [0.4, 0.5) is 4.79 Å². The minimum Gasteiger partial charge on any atom is -0.483 e. The van der Waals surface area contributed by atoms with Gasteiger partial charge in [-0.2, -0.15) is 0 Å². The normalized spacial score (nSPS) is 14.3. The number of piperazine rings is 1. The van der Waals surface area contributed by atoms with E-state index >= 15 is 0 Å². The maximum absolute atomic E-state index is 12.4. The summed E-state index contributed by atoms with van der Waals surface area (Å²) in [5.74, 6) is 0.427. The Morgan fingerprint density at radius 3 is 2.17 bits per heavy atom. The van der Waals surface area contributed by atoms with Crippen molar-refractivity contribution in [2.75, 3.05) is 39.3 Å². The van der Waals surface area contributed by atoms with Crippen molar-refractivity contribution in [3.8, 4) is 5.75 Å². The van der Waals surface area contributed by atoms with Gasteiger partial charge in [0, 0.05) is 26.2 Å². The molecule has 1 aliphatic heterocycles. The Morgan fingerprint density at radius 2 is 1.59 bits per heavy atom. The minimum atomic E-state index is -0.621. The van der Waals surface area contributed by atoms with Crippen LogP contribution in [0.25, 0.3) is 0 Å². The number of carbonyl (C=O) groups is 3. The van der Waals surface area contributed by atoms with Crippen LogP contribution in [0.5, 0.6) is 5.75 Å². The Hall–Kier alpha value is -2.77. The van der Waals surface area contributed by atoms with Crippen LogP contribution in [0.2, 0.25) is 0 Å². The fraction of sp³-hybridized carbons (Fsp3) is 0.571. The van der Waals surface area contributed by atoms with Gasteiger partial charge in [-0.3, -0.25) is 9.59 Å². The van der Waals surface area contributed by atoms with Crippen LogP contribution >= 0.6 is 0 Å². The molecule has 0 spiro atoms. The summed E-state index contributed by atoms with van der Waals surface area (Å²) in [6.45, 7) is 8.90. The molecule has 0 unspecified atom stereocenters. The van der Waals surface area contributed by atoms with Crippen LogP contribution in [0, 0.1) is 0 Å². The van der Waals surface area contributed by atoms with E-state index in [0.717, 1.165) is 17.7 Å². The van der Waals surface area contributed by atoms with E-state index in [1.807, 2.05) is 31.2 Å². The summed E-state index contributed by atoms with van der Waals surface area (Å²) in [4.78, 5) is 39.7. The van der Waals surface area contributed by atoms with Gasteiger partial charge in [-0.1, -0.05) is 25.1 Å². The molecule has 1 aromatic carbocycles. The zero-order chi connectivity index (χ0) is 21.4. The molecule has 160 valence electrons. The second-order valence-corrected chi connectivity index (χ2v) is 7.87. The molecule has 0 aliphatic carbocycles. The molecule has 1 aliphatic rings. The predicted octanol–water partition coefficient (Wildman–Crippen LogP) is 1.82. The van der Waals surface area contributed by atoms with E-state index < -0.39 is 11.7 Å². The summed E-state index contributed by atoms with van der Waals surface area (Å²) in [5, 5.41) is 2.47. The number of carbonyl (C=O) groups excluding carboxylic acids is 3. The monoisotopic (exact) mass is 405 g/mol. The number of hydrogen-bond acceptors (Lipinski definition) is 5. The van der Waals surface area contributed by atoms with Crippen LogP contribution in [0.15, 0.2) is 24.3 Å². The third kappa shape index (κ3) is 7.29. The standard InChI is InChI=1S/C21H31N3O5/c1-5-16-8-6-7-9-17(16)28-15-19(26)24-12-10-23(11-13-24)18(25)14-22-20(27)29-21(2,3)4/h6-9H,5,10-15H2,1-4H3,(H,22,27). The molecule has 3 amide bonds. The van der Waals surface area contributed by atoms with Gasteiger partial charge in [0.1, 0.15) is 17.9 Å². The van der Waals surface area contributed by atoms with Gasteiger partial charge in [0.25, 0.3) is 5.91 Å². The number of rotatable bonds is 6. The van der Waals surface area contributed by atoms with E-state index in [0.29, 0.717) is 26.2 Å². The number of aryl methyl sites for hydroxylation is 1. The van der Waals surface area contributed by atoms with Crippen molar-refractivity contribution in [2.24, 2.45) is 0 Å². The minimum absolute atomic E-state index is 0.0227. The van der Waals surface area contributed by atoms with E-state index in [2.05, 4.69) is 5.32 Å². The van der Waals surface area contributed by atoms with E-state index in [1.54, 1.807) is 30.6 Å². The summed E-state index contributed by atoms with van der Waals surface area (Å²) < 4.78 is 10.8. The molecule has 0 aromatic heterocycles. The Labute approximate surface area is 172 Å². The molecule has 0 atom stereocenters. The number of nitrogens with zero attached hydrogens (tertiary/aromatic N) is 2. The van der Waals surface area contributed by atoms with Crippen molar-refractivity contribution in [1.82, 2.24) is 15.1 Å². The van der Waals surface area contributed by atoms with Gasteiger partial charge in [-0.25, -0.2) is 4.79 Å². The highest BCUT2D eigenvalue weighted by Gasteiger charge is 2.25. The molecule has 0 saturated carbocycles. The van der Waals surface area contributed by atoms with Crippen molar-refractivity contribution in [2.45, 2.75) is 39.7 Å². The first kappa shape index (κ1) is 22.5. The van der Waals surface area contributed by atoms with Crippen molar-refractivity contribution in [1.29, 1.82) is 0 Å². The highest BCUT2D eigenvalue weighted by Crippen LogP contribution is 2.18. The molecule has 29 heavy (non-hydrogen) atoms. The van der Waals surface area contributed by atoms with Crippen LogP contribution in [-0.2, 0) is 20.7 Å². The lowest BCUT2D eigenvalue weighted by atomic mass is 10.1. The second kappa shape index (κ2) is 10.1. The lowest BCUT2D eigenvalue weighted by Gasteiger charge is -2.34. The lowest BCUT2D eigenvalue weighted by molar-refractivity contribution is -0.140. The number of nitrogens with one attached hydrogen (secondary N) is 1. The number of ether oxygens (including phenoxy) is 2. The third-order valence-electron chi connectivity index (χ3n) is 4.47. The molecule has 0 bridgehead atoms. The van der Waals surface area contributed by atoms with E-state index in [1.165, 1.54) is 0 Å². The quantitative estimate of drug-likeness (QED) is 0.780. The molecule has 2 rings (SSSR count). The summed E-state index contributed by atoms with van der Waals surface area (Å²) >= 11 is 0. The van der Waals surface area contributed by atoms with E-state index in [4.69, 9.17) is 9.47 Å². The number of amides is 3. The fourth-order valence-electron chi connectivity index (χ4n) is 2.95. The molecule has 1 saturated heterocycles. The number of alkyl carbamates (subject to hydrolysis) is 1. The molecule has 8 heteroatoms. The summed E-state index contributed by atoms with van der Waals surface area (Å²) in [7, 11) is 0. The van der Waals surface area contributed by atoms with Gasteiger partial charge in [-0.15, -0.1) is 0 Å². The summed E-state index contributed by atoms with van der Waals surface area (Å²) in [5.41, 5.74) is 0.451. The molecular formula is C21H31N3O5. The van der Waals surface area contributed by atoms with Crippen molar-refractivity contribution in [3.63, 3.8) is 0 Å². The van der Waals surface area contributed by atoms with Crippen molar-refractivity contribution in [3.05, 3.63) is 29.8 Å². The molecule has 8 nitrogen and oxygen atoms in total. The number of benzene rings is 1. The number of para-hydroxylation sites is 1. The highest BCUT2D eigenvalue weighted by molar-refractivity contribution is 5.83. The highest BCUT2D eigenvalue weighted by atomic mass is 16.6. The van der Waals surface area contributed by atoms with E-state index in [9.17, 15) is 14.4 Å². The molecule has 1 fully saturated rings. The predicted molar refractivity (Wildman–Crippen MR) is 109 cm³/mol. The molecule has 0 radical (unpaired) electrons. The van der Waals surface area contributed by atoms with Gasteiger partial charge in [0.05, 0.1) is 0 Å². The van der Waals surface area contributed by atoms with E-state index in [-0.39, 0.29) is 25.0 Å². The Bertz CT molecular complexity index is 721. The van der Waals surface area contributed by atoms with Crippen LogP contribution < -0.4 is 10.1 Å². The largest absolute Gasteiger partial charge is 0.483 e. The Kier molecular flexibility index (Phi) is 7.87. The van der Waals surface area contributed by atoms with Gasteiger partial charge < -0.3 is 24.6 Å². The number of hydrogen-bond donors (Lipinski definition) is 1. The average Bonchev–Trinajstić information content (AvgIpc) is 2.69. The Morgan fingerprint density at radius 1 is 1.00 bits per heavy atom. The topological polar surface area (TPSA) is 88.2 Å². The first-order valence-corrected chi connectivity index (χ1v) is 9.92. The molecular weight excluding hydrogens is 374 g/mol. The zero-order valence-electron chi connectivity index (χ0n) is 17.7. The smallest absolute Gasteiger partial charge is 0.408 e. The zero-order valence-corrected chi connectivity index (χ0v) is 17.7. The van der Waals surface area contributed by atoms with Crippen LogP contribution in [0.3, 0.4) is 0 Å². The molecule has 1 heterocycles. The third-order valence-corrected chi connectivity index (χ3v) is 4.47. The van der Waals surface area contributed by atoms with Gasteiger partial charge in [0.15, 0.2) is 6.61 Å². The SMILES string of the molecule is CCc1ccccc1OCC(=O)N1CCN(C(=O)CNC(=O)OC(C)(C)C)CC1. The first-order valence-electron chi connectivity index (χ1n) is 9.92. The maximum Gasteiger partial charge on any atom is 0.408 e. The maximum atomic E-state index is 12.4. The van der Waals surface area contributed by atoms with Gasteiger partial charge in [0.2, 0.25) is 5.91 Å². The lowest BCUT2D eigenvalue weighted by Crippen LogP contribution is -2.53. The van der Waals surface area contributed by atoms with Crippen LogP contribution in [-0.4, -0.2) is 72.6 Å².